The van der Waals surface area contributed by atoms with E-state index in [9.17, 15) is 9.59 Å². The summed E-state index contributed by atoms with van der Waals surface area (Å²) in [6.45, 7) is 2.08. The van der Waals surface area contributed by atoms with Crippen LogP contribution in [0.15, 0.2) is 0 Å². The number of unbranched alkanes of at least 4 members (excludes halogenated alkanes) is 2. The fourth-order valence-electron chi connectivity index (χ4n) is 1.41. The minimum atomic E-state index is -0.562. The number of thiocarbonyl (C=S) groups is 1. The summed E-state index contributed by atoms with van der Waals surface area (Å²) in [6.07, 6.45) is 3.62. The lowest BCUT2D eigenvalue weighted by Crippen LogP contribution is -2.55. The minimum absolute atomic E-state index is 0.117. The van der Waals surface area contributed by atoms with Crippen molar-refractivity contribution in [2.45, 2.75) is 32.6 Å². The second-order valence-corrected chi connectivity index (χ2v) is 3.76. The van der Waals surface area contributed by atoms with Crippen molar-refractivity contribution in [3.8, 4) is 0 Å². The van der Waals surface area contributed by atoms with Crippen molar-refractivity contribution in [1.82, 2.24) is 10.6 Å². The smallest absolute Gasteiger partial charge is 0.238 e. The highest BCUT2D eigenvalue weighted by molar-refractivity contribution is 7.80. The van der Waals surface area contributed by atoms with Crippen LogP contribution in [0.4, 0.5) is 0 Å². The van der Waals surface area contributed by atoms with Crippen LogP contribution in [-0.2, 0) is 9.59 Å². The minimum Gasteiger partial charge on any atom is -0.302 e. The Labute approximate surface area is 88.4 Å². The Morgan fingerprint density at radius 1 is 1.21 bits per heavy atom. The first-order valence-electron chi connectivity index (χ1n) is 4.81. The highest BCUT2D eigenvalue weighted by atomic mass is 32.1. The Balaban J connectivity index is 2.46. The molecular weight excluding hydrogens is 200 g/mol. The van der Waals surface area contributed by atoms with Crippen LogP contribution in [0.5, 0.6) is 0 Å². The van der Waals surface area contributed by atoms with Crippen LogP contribution >= 0.6 is 12.2 Å². The lowest BCUT2D eigenvalue weighted by molar-refractivity contribution is -0.135. The first-order chi connectivity index (χ1) is 6.65. The zero-order chi connectivity index (χ0) is 10.6. The maximum atomic E-state index is 11.3. The van der Waals surface area contributed by atoms with Crippen LogP contribution in [0, 0.1) is 5.92 Å². The zero-order valence-electron chi connectivity index (χ0n) is 8.13. The molecule has 0 aliphatic carbocycles. The zero-order valence-corrected chi connectivity index (χ0v) is 8.95. The van der Waals surface area contributed by atoms with Crippen molar-refractivity contribution in [2.24, 2.45) is 5.92 Å². The maximum absolute atomic E-state index is 11.3. The monoisotopic (exact) mass is 214 g/mol. The lowest BCUT2D eigenvalue weighted by atomic mass is 9.98. The summed E-state index contributed by atoms with van der Waals surface area (Å²) < 4.78 is 0. The van der Waals surface area contributed by atoms with Crippen LogP contribution in [-0.4, -0.2) is 16.9 Å². The second-order valence-electron chi connectivity index (χ2n) is 3.36. The Morgan fingerprint density at radius 2 is 1.79 bits per heavy atom. The fraction of sp³-hybridized carbons (Fsp3) is 0.667. The third-order valence-corrected chi connectivity index (χ3v) is 2.41. The molecule has 1 fully saturated rings. The largest absolute Gasteiger partial charge is 0.302 e. The van der Waals surface area contributed by atoms with E-state index in [4.69, 9.17) is 0 Å². The summed E-state index contributed by atoms with van der Waals surface area (Å²) in [5, 5.41) is 5.01. The van der Waals surface area contributed by atoms with Gasteiger partial charge < -0.3 is 10.6 Å². The van der Waals surface area contributed by atoms with Crippen LogP contribution in [0.2, 0.25) is 0 Å². The Morgan fingerprint density at radius 3 is 2.29 bits per heavy atom. The molecule has 1 saturated heterocycles. The predicted molar refractivity (Wildman–Crippen MR) is 56.5 cm³/mol. The molecule has 2 amide bonds. The number of amides is 2. The molecule has 1 aliphatic heterocycles. The molecule has 1 aliphatic rings. The van der Waals surface area contributed by atoms with E-state index in [0.29, 0.717) is 6.42 Å². The average Bonchev–Trinajstić information content (AvgIpc) is 2.09. The summed E-state index contributed by atoms with van der Waals surface area (Å²) in [6, 6.07) is 0. The van der Waals surface area contributed by atoms with Gasteiger partial charge in [0.2, 0.25) is 11.8 Å². The van der Waals surface area contributed by atoms with Crippen LogP contribution in [0.25, 0.3) is 0 Å². The van der Waals surface area contributed by atoms with Gasteiger partial charge in [0.25, 0.3) is 0 Å². The van der Waals surface area contributed by atoms with Gasteiger partial charge in [0, 0.05) is 0 Å². The molecule has 0 saturated carbocycles. The topological polar surface area (TPSA) is 58.2 Å². The molecule has 0 aromatic rings. The Kier molecular flexibility index (Phi) is 4.00. The van der Waals surface area contributed by atoms with Gasteiger partial charge in [0.05, 0.1) is 0 Å². The maximum Gasteiger partial charge on any atom is 0.238 e. The summed E-state index contributed by atoms with van der Waals surface area (Å²) in [4.78, 5) is 22.7. The van der Waals surface area contributed by atoms with Gasteiger partial charge in [0.1, 0.15) is 5.92 Å². The van der Waals surface area contributed by atoms with Crippen molar-refractivity contribution >= 4 is 29.1 Å². The Hall–Kier alpha value is -0.970. The van der Waals surface area contributed by atoms with Gasteiger partial charge in [-0.1, -0.05) is 26.2 Å². The fourth-order valence-corrected chi connectivity index (χ4v) is 1.61. The van der Waals surface area contributed by atoms with Crippen molar-refractivity contribution in [2.75, 3.05) is 0 Å². The van der Waals surface area contributed by atoms with Gasteiger partial charge >= 0.3 is 0 Å². The summed E-state index contributed by atoms with van der Waals surface area (Å²) >= 11 is 4.68. The molecule has 0 radical (unpaired) electrons. The molecule has 1 heterocycles. The number of nitrogens with one attached hydrogen (secondary N) is 2. The van der Waals surface area contributed by atoms with Gasteiger partial charge in [-0.15, -0.1) is 0 Å². The normalized spacial score (nSPS) is 17.9. The van der Waals surface area contributed by atoms with E-state index in [0.717, 1.165) is 19.3 Å². The summed E-state index contributed by atoms with van der Waals surface area (Å²) in [5.41, 5.74) is 0. The Bertz CT molecular complexity index is 246. The molecule has 0 aromatic heterocycles. The highest BCUT2D eigenvalue weighted by Gasteiger charge is 2.31. The van der Waals surface area contributed by atoms with Gasteiger partial charge in [-0.3, -0.25) is 9.59 Å². The average molecular weight is 214 g/mol. The molecule has 0 unspecified atom stereocenters. The van der Waals surface area contributed by atoms with Gasteiger partial charge in [-0.25, -0.2) is 0 Å². The van der Waals surface area contributed by atoms with Gasteiger partial charge in [-0.2, -0.15) is 0 Å². The van der Waals surface area contributed by atoms with Gasteiger partial charge in [-0.05, 0) is 18.6 Å². The van der Waals surface area contributed by atoms with Crippen molar-refractivity contribution < 1.29 is 9.59 Å². The van der Waals surface area contributed by atoms with E-state index in [1.165, 1.54) is 0 Å². The standard InChI is InChI=1S/C9H14N2O2S/c1-2-3-4-5-6-7(12)10-9(14)11-8(6)13/h6H,2-5H2,1H3,(H2,10,11,12,13,14). The number of rotatable bonds is 4. The molecule has 4 nitrogen and oxygen atoms in total. The molecule has 1 rings (SSSR count). The van der Waals surface area contributed by atoms with Gasteiger partial charge in [0.15, 0.2) is 5.11 Å². The van der Waals surface area contributed by atoms with E-state index in [-0.39, 0.29) is 16.9 Å². The number of carbonyl (C=O) groups excluding carboxylic acids is 2. The quantitative estimate of drug-likeness (QED) is 0.412. The number of carbonyl (C=O) groups is 2. The van der Waals surface area contributed by atoms with E-state index in [2.05, 4.69) is 29.8 Å². The first-order valence-corrected chi connectivity index (χ1v) is 5.21. The third-order valence-electron chi connectivity index (χ3n) is 2.20. The van der Waals surface area contributed by atoms with E-state index >= 15 is 0 Å². The molecule has 0 spiro atoms. The van der Waals surface area contributed by atoms with E-state index < -0.39 is 5.92 Å². The van der Waals surface area contributed by atoms with E-state index in [1.807, 2.05) is 0 Å². The van der Waals surface area contributed by atoms with Crippen LogP contribution < -0.4 is 10.6 Å². The number of hydrogen-bond donors (Lipinski definition) is 2. The lowest BCUT2D eigenvalue weighted by Gasteiger charge is -2.22. The SMILES string of the molecule is CCCCCC1C(=O)NC(=S)NC1=O. The molecule has 78 valence electrons. The molecule has 2 N–H and O–H groups in total. The molecule has 0 bridgehead atoms. The molecule has 14 heavy (non-hydrogen) atoms. The highest BCUT2D eigenvalue weighted by Crippen LogP contribution is 2.12. The summed E-state index contributed by atoms with van der Waals surface area (Å²) in [7, 11) is 0. The molecule has 0 atom stereocenters. The van der Waals surface area contributed by atoms with Crippen LogP contribution in [0.3, 0.4) is 0 Å². The third kappa shape index (κ3) is 2.77. The van der Waals surface area contributed by atoms with E-state index in [1.54, 1.807) is 0 Å². The number of hydrogen-bond acceptors (Lipinski definition) is 3. The first kappa shape index (κ1) is 11.1. The van der Waals surface area contributed by atoms with Crippen molar-refractivity contribution in [3.63, 3.8) is 0 Å². The van der Waals surface area contributed by atoms with Crippen LogP contribution in [0.1, 0.15) is 32.6 Å². The summed E-state index contributed by atoms with van der Waals surface area (Å²) in [5.74, 6) is -1.10. The second kappa shape index (κ2) is 5.05. The van der Waals surface area contributed by atoms with Crippen molar-refractivity contribution in [3.05, 3.63) is 0 Å². The molecule has 0 aromatic carbocycles. The predicted octanol–water partition coefficient (Wildman–Crippen LogP) is 0.714. The molecule has 5 heteroatoms. The molecular formula is C9H14N2O2S. The van der Waals surface area contributed by atoms with Crippen molar-refractivity contribution in [1.29, 1.82) is 0 Å².